The molecular weight excluding hydrogens is 170 g/mol. The lowest BCUT2D eigenvalue weighted by Gasteiger charge is -2.35. The summed E-state index contributed by atoms with van der Waals surface area (Å²) in [7, 11) is 0. The van der Waals surface area contributed by atoms with E-state index in [2.05, 4.69) is 16.3 Å². The highest BCUT2D eigenvalue weighted by Crippen LogP contribution is 2.39. The van der Waals surface area contributed by atoms with Crippen LogP contribution in [0.15, 0.2) is 0 Å². The maximum atomic E-state index is 6.10. The van der Waals surface area contributed by atoms with Crippen molar-refractivity contribution in [2.45, 2.75) is 38.1 Å². The summed E-state index contributed by atoms with van der Waals surface area (Å²) in [6, 6.07) is 0. The zero-order chi connectivity index (χ0) is 8.60. The second kappa shape index (κ2) is 2.78. The molecule has 0 aromatic carbocycles. The first kappa shape index (κ1) is 8.13. The summed E-state index contributed by atoms with van der Waals surface area (Å²) in [6.07, 6.45) is 4.29. The lowest BCUT2D eigenvalue weighted by atomic mass is 9.78. The van der Waals surface area contributed by atoms with Crippen molar-refractivity contribution in [2.75, 3.05) is 0 Å². The first-order valence-electron chi connectivity index (χ1n) is 4.36. The monoisotopic (exact) mass is 183 g/mol. The number of aryl methyl sites for hydroxylation is 1. The van der Waals surface area contributed by atoms with Gasteiger partial charge in [-0.2, -0.15) is 4.37 Å². The summed E-state index contributed by atoms with van der Waals surface area (Å²) < 4.78 is 4.23. The van der Waals surface area contributed by atoms with Crippen LogP contribution in [0.25, 0.3) is 0 Å². The molecule has 2 N–H and O–H groups in total. The molecule has 1 aliphatic rings. The van der Waals surface area contributed by atoms with Gasteiger partial charge in [0, 0.05) is 6.42 Å². The fraction of sp³-hybridized carbons (Fsp3) is 0.750. The second-order valence-electron chi connectivity index (χ2n) is 3.38. The minimum absolute atomic E-state index is 0.120. The van der Waals surface area contributed by atoms with E-state index in [4.69, 9.17) is 5.73 Å². The van der Waals surface area contributed by atoms with Crippen LogP contribution >= 0.6 is 11.5 Å². The van der Waals surface area contributed by atoms with Crippen molar-refractivity contribution in [3.05, 3.63) is 10.8 Å². The van der Waals surface area contributed by atoms with Gasteiger partial charge < -0.3 is 5.73 Å². The lowest BCUT2D eigenvalue weighted by Crippen LogP contribution is -2.43. The average molecular weight is 183 g/mol. The van der Waals surface area contributed by atoms with Gasteiger partial charge in [-0.15, -0.1) is 0 Å². The summed E-state index contributed by atoms with van der Waals surface area (Å²) >= 11 is 1.47. The molecule has 0 saturated heterocycles. The van der Waals surface area contributed by atoms with Gasteiger partial charge in [0.2, 0.25) is 0 Å². The van der Waals surface area contributed by atoms with Gasteiger partial charge >= 0.3 is 0 Å². The Hall–Kier alpha value is -0.480. The normalized spacial score (nSPS) is 20.5. The van der Waals surface area contributed by atoms with Crippen LogP contribution in [0.4, 0.5) is 0 Å². The summed E-state index contributed by atoms with van der Waals surface area (Å²) in [5.74, 6) is 0.937. The Labute approximate surface area is 76.2 Å². The summed E-state index contributed by atoms with van der Waals surface area (Å²) in [6.45, 7) is 2.07. The zero-order valence-corrected chi connectivity index (χ0v) is 8.02. The van der Waals surface area contributed by atoms with Crippen molar-refractivity contribution >= 4 is 11.5 Å². The molecule has 1 saturated carbocycles. The van der Waals surface area contributed by atoms with E-state index in [1.54, 1.807) is 0 Å². The Balaban J connectivity index is 2.22. The molecule has 4 heteroatoms. The maximum absolute atomic E-state index is 6.10. The molecule has 0 bridgehead atoms. The van der Waals surface area contributed by atoms with Crippen LogP contribution in [0.1, 0.15) is 37.0 Å². The predicted molar refractivity (Wildman–Crippen MR) is 49.0 cm³/mol. The van der Waals surface area contributed by atoms with Crippen molar-refractivity contribution in [3.8, 4) is 0 Å². The smallest absolute Gasteiger partial charge is 0.142 e. The number of aromatic nitrogens is 2. The average Bonchev–Trinajstić information content (AvgIpc) is 2.48. The van der Waals surface area contributed by atoms with Gasteiger partial charge in [-0.25, -0.2) is 4.98 Å². The highest BCUT2D eigenvalue weighted by atomic mass is 32.1. The lowest BCUT2D eigenvalue weighted by molar-refractivity contribution is 0.252. The molecule has 0 unspecified atom stereocenters. The molecule has 1 aromatic heterocycles. The van der Waals surface area contributed by atoms with Crippen LogP contribution < -0.4 is 5.73 Å². The molecule has 66 valence electrons. The topological polar surface area (TPSA) is 51.8 Å². The molecule has 0 aliphatic heterocycles. The van der Waals surface area contributed by atoms with E-state index < -0.39 is 0 Å². The van der Waals surface area contributed by atoms with Crippen molar-refractivity contribution < 1.29 is 0 Å². The Morgan fingerprint density at radius 2 is 2.33 bits per heavy atom. The largest absolute Gasteiger partial charge is 0.319 e. The molecule has 0 spiro atoms. The van der Waals surface area contributed by atoms with Gasteiger partial charge in [-0.1, -0.05) is 6.92 Å². The summed E-state index contributed by atoms with van der Waals surface area (Å²) in [5, 5.41) is 1.03. The molecule has 2 rings (SSSR count). The first-order valence-corrected chi connectivity index (χ1v) is 5.14. The molecule has 0 amide bonds. The fourth-order valence-electron chi connectivity index (χ4n) is 1.37. The number of hydrogen-bond donors (Lipinski definition) is 1. The van der Waals surface area contributed by atoms with Crippen LogP contribution in [0.2, 0.25) is 0 Å². The highest BCUT2D eigenvalue weighted by molar-refractivity contribution is 7.05. The molecule has 0 atom stereocenters. The number of rotatable bonds is 2. The van der Waals surface area contributed by atoms with Crippen LogP contribution in [-0.2, 0) is 12.0 Å². The van der Waals surface area contributed by atoms with Crippen LogP contribution in [0, 0.1) is 0 Å². The molecule has 1 aliphatic carbocycles. The molecule has 12 heavy (non-hydrogen) atoms. The van der Waals surface area contributed by atoms with Gasteiger partial charge in [0.05, 0.1) is 5.54 Å². The van der Waals surface area contributed by atoms with E-state index in [0.717, 1.165) is 30.1 Å². The molecule has 3 nitrogen and oxygen atoms in total. The minimum Gasteiger partial charge on any atom is -0.319 e. The van der Waals surface area contributed by atoms with E-state index in [1.165, 1.54) is 18.0 Å². The van der Waals surface area contributed by atoms with E-state index in [0.29, 0.717) is 0 Å². The Morgan fingerprint density at radius 3 is 2.75 bits per heavy atom. The van der Waals surface area contributed by atoms with E-state index in [1.807, 2.05) is 0 Å². The fourth-order valence-corrected chi connectivity index (χ4v) is 2.27. The van der Waals surface area contributed by atoms with E-state index in [9.17, 15) is 0 Å². The SMILES string of the molecule is CCc1nsc(C2(N)CCC2)n1. The number of nitrogens with two attached hydrogens (primary N) is 1. The van der Waals surface area contributed by atoms with Gasteiger partial charge in [-0.3, -0.25) is 0 Å². The predicted octanol–water partition coefficient (Wildman–Crippen LogP) is 1.44. The molecular formula is C8H13N3S. The molecule has 1 fully saturated rings. The third-order valence-corrected chi connectivity index (χ3v) is 3.43. The summed E-state index contributed by atoms with van der Waals surface area (Å²) in [4.78, 5) is 4.40. The van der Waals surface area contributed by atoms with Crippen LogP contribution in [-0.4, -0.2) is 9.36 Å². The van der Waals surface area contributed by atoms with Crippen LogP contribution in [0.5, 0.6) is 0 Å². The van der Waals surface area contributed by atoms with Gasteiger partial charge in [0.1, 0.15) is 10.8 Å². The van der Waals surface area contributed by atoms with Crippen molar-refractivity contribution in [1.82, 2.24) is 9.36 Å². The minimum atomic E-state index is -0.120. The number of nitrogens with zero attached hydrogens (tertiary/aromatic N) is 2. The quantitative estimate of drug-likeness (QED) is 0.754. The zero-order valence-electron chi connectivity index (χ0n) is 7.21. The summed E-state index contributed by atoms with van der Waals surface area (Å²) in [5.41, 5.74) is 5.98. The number of hydrogen-bond acceptors (Lipinski definition) is 4. The Kier molecular flexibility index (Phi) is 1.88. The van der Waals surface area contributed by atoms with E-state index in [-0.39, 0.29) is 5.54 Å². The van der Waals surface area contributed by atoms with Gasteiger partial charge in [-0.05, 0) is 30.8 Å². The molecule has 1 heterocycles. The van der Waals surface area contributed by atoms with Crippen molar-refractivity contribution in [2.24, 2.45) is 5.73 Å². The van der Waals surface area contributed by atoms with Crippen molar-refractivity contribution in [1.29, 1.82) is 0 Å². The first-order chi connectivity index (χ1) is 5.74. The Morgan fingerprint density at radius 1 is 1.58 bits per heavy atom. The van der Waals surface area contributed by atoms with Gasteiger partial charge in [0.15, 0.2) is 0 Å². The van der Waals surface area contributed by atoms with Gasteiger partial charge in [0.25, 0.3) is 0 Å². The maximum Gasteiger partial charge on any atom is 0.142 e. The second-order valence-corrected chi connectivity index (χ2v) is 4.13. The molecule has 1 aromatic rings. The highest BCUT2D eigenvalue weighted by Gasteiger charge is 2.37. The standard InChI is InChI=1S/C8H13N3S/c1-2-6-10-7(12-11-6)8(9)4-3-5-8/h2-5,9H2,1H3. The third kappa shape index (κ3) is 1.15. The van der Waals surface area contributed by atoms with Crippen molar-refractivity contribution in [3.63, 3.8) is 0 Å². The third-order valence-electron chi connectivity index (χ3n) is 2.46. The molecule has 0 radical (unpaired) electrons. The van der Waals surface area contributed by atoms with Crippen LogP contribution in [0.3, 0.4) is 0 Å². The Bertz CT molecular complexity index is 278. The van der Waals surface area contributed by atoms with E-state index >= 15 is 0 Å².